The lowest BCUT2D eigenvalue weighted by Crippen LogP contribution is -2.41. The Labute approximate surface area is 175 Å². The maximum absolute atomic E-state index is 13.0. The molecule has 1 fully saturated rings. The molecule has 6 nitrogen and oxygen atoms in total. The van der Waals surface area contributed by atoms with Gasteiger partial charge in [-0.25, -0.2) is 9.97 Å². The fourth-order valence-electron chi connectivity index (χ4n) is 4.54. The van der Waals surface area contributed by atoms with Crippen LogP contribution in [-0.2, 0) is 11.3 Å². The second kappa shape index (κ2) is 7.78. The molecule has 3 heterocycles. The normalized spacial score (nSPS) is 16.8. The highest BCUT2D eigenvalue weighted by Crippen LogP contribution is 2.31. The quantitative estimate of drug-likeness (QED) is 0.550. The van der Waals surface area contributed by atoms with E-state index in [4.69, 9.17) is 0 Å². The molecule has 152 valence electrons. The van der Waals surface area contributed by atoms with Crippen molar-refractivity contribution in [3.05, 3.63) is 60.9 Å². The molecule has 1 N–H and O–H groups in total. The molecule has 30 heavy (non-hydrogen) atoms. The standard InChI is InChI=1S/C24H25N5O/c1-2-29-21-9-4-3-8-19(21)20-15-18(10-11-22(20)29)27-23(30)17-7-5-14-28(16-17)24-25-12-6-13-26-24/h3-4,6,8-13,15,17H,2,5,7,14,16H2,1H3,(H,27,30). The number of hydrogen-bond acceptors (Lipinski definition) is 4. The van der Waals surface area contributed by atoms with Crippen molar-refractivity contribution in [2.45, 2.75) is 26.3 Å². The number of hydrogen-bond donors (Lipinski definition) is 1. The first-order valence-electron chi connectivity index (χ1n) is 10.6. The third kappa shape index (κ3) is 3.28. The van der Waals surface area contributed by atoms with Crippen molar-refractivity contribution in [2.75, 3.05) is 23.3 Å². The fraction of sp³-hybridized carbons (Fsp3) is 0.292. The van der Waals surface area contributed by atoms with E-state index in [2.05, 4.69) is 68.1 Å². The van der Waals surface area contributed by atoms with Crippen LogP contribution in [0.25, 0.3) is 21.8 Å². The molecule has 0 aliphatic carbocycles. The van der Waals surface area contributed by atoms with Crippen molar-refractivity contribution in [2.24, 2.45) is 5.92 Å². The number of aromatic nitrogens is 3. The molecule has 1 unspecified atom stereocenters. The molecule has 1 atom stereocenters. The summed E-state index contributed by atoms with van der Waals surface area (Å²) in [6, 6.07) is 16.5. The van der Waals surface area contributed by atoms with Crippen LogP contribution in [0.2, 0.25) is 0 Å². The van der Waals surface area contributed by atoms with Crippen LogP contribution in [0.5, 0.6) is 0 Å². The maximum atomic E-state index is 13.0. The zero-order valence-electron chi connectivity index (χ0n) is 17.1. The molecule has 1 saturated heterocycles. The van der Waals surface area contributed by atoms with Crippen LogP contribution < -0.4 is 10.2 Å². The number of nitrogens with zero attached hydrogens (tertiary/aromatic N) is 4. The zero-order chi connectivity index (χ0) is 20.5. The highest BCUT2D eigenvalue weighted by Gasteiger charge is 2.27. The lowest BCUT2D eigenvalue weighted by atomic mass is 9.97. The van der Waals surface area contributed by atoms with Crippen molar-refractivity contribution < 1.29 is 4.79 Å². The lowest BCUT2D eigenvalue weighted by molar-refractivity contribution is -0.120. The van der Waals surface area contributed by atoms with Crippen LogP contribution in [0, 0.1) is 5.92 Å². The Morgan fingerprint density at radius 2 is 1.87 bits per heavy atom. The molecule has 1 aliphatic heterocycles. The summed E-state index contributed by atoms with van der Waals surface area (Å²) in [6.07, 6.45) is 5.33. The predicted octanol–water partition coefficient (Wildman–Crippen LogP) is 4.46. The predicted molar refractivity (Wildman–Crippen MR) is 121 cm³/mol. The largest absolute Gasteiger partial charge is 0.341 e. The molecule has 4 aromatic rings. The van der Waals surface area contributed by atoms with Gasteiger partial charge in [0.05, 0.1) is 5.92 Å². The van der Waals surface area contributed by atoms with E-state index in [1.165, 1.54) is 21.8 Å². The van der Waals surface area contributed by atoms with Gasteiger partial charge in [-0.1, -0.05) is 18.2 Å². The van der Waals surface area contributed by atoms with E-state index >= 15 is 0 Å². The van der Waals surface area contributed by atoms with Crippen molar-refractivity contribution >= 4 is 39.3 Å². The number of rotatable bonds is 4. The van der Waals surface area contributed by atoms with Gasteiger partial charge in [0, 0.05) is 59.5 Å². The number of fused-ring (bicyclic) bond motifs is 3. The number of benzene rings is 2. The Morgan fingerprint density at radius 1 is 1.07 bits per heavy atom. The summed E-state index contributed by atoms with van der Waals surface area (Å²) >= 11 is 0. The molecule has 2 aromatic carbocycles. The van der Waals surface area contributed by atoms with Crippen molar-refractivity contribution in [1.82, 2.24) is 14.5 Å². The number of aryl methyl sites for hydroxylation is 1. The first-order chi connectivity index (χ1) is 14.7. The Hall–Kier alpha value is -3.41. The highest BCUT2D eigenvalue weighted by atomic mass is 16.1. The van der Waals surface area contributed by atoms with Gasteiger partial charge in [0.25, 0.3) is 0 Å². The van der Waals surface area contributed by atoms with Crippen molar-refractivity contribution in [3.63, 3.8) is 0 Å². The van der Waals surface area contributed by atoms with Crippen molar-refractivity contribution in [1.29, 1.82) is 0 Å². The number of amides is 1. The molecule has 0 spiro atoms. The smallest absolute Gasteiger partial charge is 0.229 e. The Morgan fingerprint density at radius 3 is 2.70 bits per heavy atom. The van der Waals surface area contributed by atoms with Gasteiger partial charge in [-0.15, -0.1) is 0 Å². The summed E-state index contributed by atoms with van der Waals surface area (Å²) < 4.78 is 2.31. The number of nitrogens with one attached hydrogen (secondary N) is 1. The Balaban J connectivity index is 1.39. The summed E-state index contributed by atoms with van der Waals surface area (Å²) in [4.78, 5) is 23.8. The SMILES string of the molecule is CCn1c2ccccc2c2cc(NC(=O)C3CCCN(c4ncccn4)C3)ccc21. The van der Waals surface area contributed by atoms with Crippen LogP contribution >= 0.6 is 0 Å². The molecule has 5 rings (SSSR count). The van der Waals surface area contributed by atoms with E-state index in [9.17, 15) is 4.79 Å². The van der Waals surface area contributed by atoms with Gasteiger partial charge in [0.1, 0.15) is 0 Å². The number of para-hydroxylation sites is 1. The number of carbonyl (C=O) groups is 1. The third-order valence-electron chi connectivity index (χ3n) is 5.98. The van der Waals surface area contributed by atoms with Gasteiger partial charge < -0.3 is 14.8 Å². The lowest BCUT2D eigenvalue weighted by Gasteiger charge is -2.31. The molecular formula is C24H25N5O. The minimum absolute atomic E-state index is 0.0641. The van der Waals surface area contributed by atoms with Crippen molar-refractivity contribution in [3.8, 4) is 0 Å². The molecule has 6 heteroatoms. The molecule has 1 amide bonds. The minimum atomic E-state index is -0.0739. The molecule has 1 aliphatic rings. The van der Waals surface area contributed by atoms with E-state index in [0.29, 0.717) is 12.5 Å². The number of carbonyl (C=O) groups excluding carboxylic acids is 1. The van der Waals surface area contributed by atoms with Gasteiger partial charge in [0.15, 0.2) is 0 Å². The van der Waals surface area contributed by atoms with Crippen LogP contribution in [-0.4, -0.2) is 33.5 Å². The Kier molecular flexibility index (Phi) is 4.83. The summed E-state index contributed by atoms with van der Waals surface area (Å²) in [5.74, 6) is 0.688. The first-order valence-corrected chi connectivity index (χ1v) is 10.6. The van der Waals surface area contributed by atoms with E-state index in [-0.39, 0.29) is 11.8 Å². The summed E-state index contributed by atoms with van der Waals surface area (Å²) in [5.41, 5.74) is 3.27. The average molecular weight is 399 g/mol. The van der Waals surface area contributed by atoms with Gasteiger partial charge in [-0.2, -0.15) is 0 Å². The van der Waals surface area contributed by atoms with Gasteiger partial charge in [-0.3, -0.25) is 4.79 Å². The van der Waals surface area contributed by atoms with Gasteiger partial charge in [0.2, 0.25) is 11.9 Å². The number of piperidine rings is 1. The van der Waals surface area contributed by atoms with Crippen LogP contribution in [0.3, 0.4) is 0 Å². The first kappa shape index (κ1) is 18.6. The molecule has 0 saturated carbocycles. The van der Waals surface area contributed by atoms with Crippen LogP contribution in [0.1, 0.15) is 19.8 Å². The zero-order valence-corrected chi connectivity index (χ0v) is 17.1. The van der Waals surface area contributed by atoms with E-state index < -0.39 is 0 Å². The highest BCUT2D eigenvalue weighted by molar-refractivity contribution is 6.09. The van der Waals surface area contributed by atoms with E-state index in [1.807, 2.05) is 12.1 Å². The number of anilines is 2. The Bertz CT molecular complexity index is 1200. The maximum Gasteiger partial charge on any atom is 0.229 e. The van der Waals surface area contributed by atoms with Gasteiger partial charge >= 0.3 is 0 Å². The second-order valence-corrected chi connectivity index (χ2v) is 7.82. The summed E-state index contributed by atoms with van der Waals surface area (Å²) in [7, 11) is 0. The van der Waals surface area contributed by atoms with Crippen LogP contribution in [0.15, 0.2) is 60.9 Å². The van der Waals surface area contributed by atoms with E-state index in [0.717, 1.165) is 31.6 Å². The topological polar surface area (TPSA) is 63.1 Å². The molecule has 2 aromatic heterocycles. The monoisotopic (exact) mass is 399 g/mol. The summed E-state index contributed by atoms with van der Waals surface area (Å²) in [6.45, 7) is 4.60. The van der Waals surface area contributed by atoms with Crippen LogP contribution in [0.4, 0.5) is 11.6 Å². The molecule has 0 bridgehead atoms. The van der Waals surface area contributed by atoms with Gasteiger partial charge in [-0.05, 0) is 50.1 Å². The van der Waals surface area contributed by atoms with E-state index in [1.54, 1.807) is 12.4 Å². The molecular weight excluding hydrogens is 374 g/mol. The molecule has 0 radical (unpaired) electrons. The fourth-order valence-corrected chi connectivity index (χ4v) is 4.54. The minimum Gasteiger partial charge on any atom is -0.341 e. The second-order valence-electron chi connectivity index (χ2n) is 7.82. The average Bonchev–Trinajstić information content (AvgIpc) is 3.13. The third-order valence-corrected chi connectivity index (χ3v) is 5.98. The summed E-state index contributed by atoms with van der Waals surface area (Å²) in [5, 5.41) is 5.54.